The lowest BCUT2D eigenvalue weighted by molar-refractivity contribution is -0.121. The van der Waals surface area contributed by atoms with Crippen molar-refractivity contribution in [1.82, 2.24) is 24.1 Å². The number of imidazole rings is 1. The Morgan fingerprint density at radius 2 is 1.88 bits per heavy atom. The standard InChI is InChI=1S/C23H37N5O3S/c1-6-28-20-11-10-18(32(30,31)26(4)5)16-19(20)25-21(28)12-13-22(29)24-17-23(2,3)27-14-8-7-9-15-27/h10-11,16H,6-9,12-15,17H2,1-5H3,(H,24,29). The van der Waals surface area contributed by atoms with Crippen molar-refractivity contribution in [2.24, 2.45) is 0 Å². The Morgan fingerprint density at radius 3 is 2.50 bits per heavy atom. The molecule has 8 nitrogen and oxygen atoms in total. The molecular formula is C23H37N5O3S. The molecule has 1 aliphatic rings. The predicted octanol–water partition coefficient (Wildman–Crippen LogP) is 2.62. The van der Waals surface area contributed by atoms with Crippen LogP contribution in [0.3, 0.4) is 0 Å². The second kappa shape index (κ2) is 9.89. The zero-order valence-electron chi connectivity index (χ0n) is 20.0. The average molecular weight is 464 g/mol. The van der Waals surface area contributed by atoms with Crippen LogP contribution in [0.1, 0.15) is 52.3 Å². The lowest BCUT2D eigenvalue weighted by atomic mass is 9.98. The van der Waals surface area contributed by atoms with E-state index in [0.29, 0.717) is 31.4 Å². The number of hydrogen-bond acceptors (Lipinski definition) is 5. The number of benzene rings is 1. The van der Waals surface area contributed by atoms with Crippen molar-refractivity contribution in [3.05, 3.63) is 24.0 Å². The second-order valence-corrected chi connectivity index (χ2v) is 11.5. The molecule has 1 saturated heterocycles. The van der Waals surface area contributed by atoms with Gasteiger partial charge in [0.2, 0.25) is 15.9 Å². The Kier molecular flexibility index (Phi) is 7.62. The lowest BCUT2D eigenvalue weighted by Gasteiger charge is -2.41. The van der Waals surface area contributed by atoms with Gasteiger partial charge >= 0.3 is 0 Å². The van der Waals surface area contributed by atoms with Crippen LogP contribution in [0.4, 0.5) is 0 Å². The smallest absolute Gasteiger partial charge is 0.242 e. The van der Waals surface area contributed by atoms with Crippen molar-refractivity contribution >= 4 is 27.0 Å². The number of rotatable bonds is 9. The maximum Gasteiger partial charge on any atom is 0.242 e. The molecule has 9 heteroatoms. The molecule has 1 aromatic heterocycles. The summed E-state index contributed by atoms with van der Waals surface area (Å²) in [6.45, 7) is 9.92. The van der Waals surface area contributed by atoms with Crippen molar-refractivity contribution < 1.29 is 13.2 Å². The Balaban J connectivity index is 1.67. The van der Waals surface area contributed by atoms with E-state index in [-0.39, 0.29) is 16.3 Å². The van der Waals surface area contributed by atoms with Crippen LogP contribution in [0.2, 0.25) is 0 Å². The van der Waals surface area contributed by atoms with Gasteiger partial charge in [-0.25, -0.2) is 17.7 Å². The second-order valence-electron chi connectivity index (χ2n) is 9.35. The fourth-order valence-corrected chi connectivity index (χ4v) is 5.24. The molecule has 1 N–H and O–H groups in total. The summed E-state index contributed by atoms with van der Waals surface area (Å²) in [5, 5.41) is 3.10. The number of hydrogen-bond donors (Lipinski definition) is 1. The van der Waals surface area contributed by atoms with E-state index in [2.05, 4.69) is 29.0 Å². The number of amides is 1. The highest BCUT2D eigenvalue weighted by molar-refractivity contribution is 7.89. The summed E-state index contributed by atoms with van der Waals surface area (Å²) in [4.78, 5) is 19.9. The number of piperidine rings is 1. The van der Waals surface area contributed by atoms with Crippen molar-refractivity contribution in [2.75, 3.05) is 33.7 Å². The Hall–Kier alpha value is -1.97. The molecule has 0 aliphatic carbocycles. The van der Waals surface area contributed by atoms with Gasteiger partial charge < -0.3 is 9.88 Å². The van der Waals surface area contributed by atoms with Gasteiger partial charge in [-0.1, -0.05) is 6.42 Å². The summed E-state index contributed by atoms with van der Waals surface area (Å²) in [5.41, 5.74) is 1.46. The van der Waals surface area contributed by atoms with Crippen LogP contribution in [-0.4, -0.2) is 72.3 Å². The van der Waals surface area contributed by atoms with E-state index >= 15 is 0 Å². The molecule has 2 heterocycles. The summed E-state index contributed by atoms with van der Waals surface area (Å²) >= 11 is 0. The van der Waals surface area contributed by atoms with Gasteiger partial charge in [-0.2, -0.15) is 0 Å². The quantitative estimate of drug-likeness (QED) is 0.618. The Morgan fingerprint density at radius 1 is 1.19 bits per heavy atom. The largest absolute Gasteiger partial charge is 0.354 e. The average Bonchev–Trinajstić information content (AvgIpc) is 3.13. The predicted molar refractivity (Wildman–Crippen MR) is 127 cm³/mol. The SMILES string of the molecule is CCn1c(CCC(=O)NCC(C)(C)N2CCCCC2)nc2cc(S(=O)(=O)N(C)C)ccc21. The van der Waals surface area contributed by atoms with Crippen LogP contribution in [0.5, 0.6) is 0 Å². The minimum Gasteiger partial charge on any atom is -0.354 e. The van der Waals surface area contributed by atoms with Crippen molar-refractivity contribution in [3.8, 4) is 0 Å². The maximum absolute atomic E-state index is 12.6. The molecule has 1 amide bonds. The third-order valence-corrected chi connectivity index (χ3v) is 8.21. The van der Waals surface area contributed by atoms with Crippen molar-refractivity contribution in [1.29, 1.82) is 0 Å². The topological polar surface area (TPSA) is 87.5 Å². The van der Waals surface area contributed by atoms with Gasteiger partial charge in [0, 0.05) is 45.6 Å². The normalized spacial score (nSPS) is 16.1. The first-order valence-corrected chi connectivity index (χ1v) is 12.9. The van der Waals surface area contributed by atoms with Gasteiger partial charge in [-0.15, -0.1) is 0 Å². The first-order valence-electron chi connectivity index (χ1n) is 11.5. The van der Waals surface area contributed by atoms with E-state index < -0.39 is 10.0 Å². The van der Waals surface area contributed by atoms with Crippen LogP contribution in [-0.2, 0) is 27.8 Å². The minimum absolute atomic E-state index is 0.0145. The van der Waals surface area contributed by atoms with Gasteiger partial charge in [0.15, 0.2) is 0 Å². The van der Waals surface area contributed by atoms with E-state index in [1.807, 2.05) is 11.5 Å². The highest BCUT2D eigenvalue weighted by atomic mass is 32.2. The molecule has 1 fully saturated rings. The van der Waals surface area contributed by atoms with E-state index in [9.17, 15) is 13.2 Å². The molecular weight excluding hydrogens is 426 g/mol. The fraction of sp³-hybridized carbons (Fsp3) is 0.652. The number of nitrogens with one attached hydrogen (secondary N) is 1. The number of carbonyl (C=O) groups is 1. The zero-order valence-corrected chi connectivity index (χ0v) is 20.8. The number of likely N-dealkylation sites (tertiary alicyclic amines) is 1. The minimum atomic E-state index is -3.52. The van der Waals surface area contributed by atoms with Gasteiger partial charge in [-0.3, -0.25) is 9.69 Å². The van der Waals surface area contributed by atoms with E-state index in [0.717, 1.165) is 24.4 Å². The Bertz CT molecular complexity index is 1050. The Labute approximate surface area is 192 Å². The fourth-order valence-electron chi connectivity index (χ4n) is 4.31. The highest BCUT2D eigenvalue weighted by Crippen LogP contribution is 2.23. The van der Waals surface area contributed by atoms with Gasteiger partial charge in [-0.05, 0) is 64.9 Å². The molecule has 0 radical (unpaired) electrons. The lowest BCUT2D eigenvalue weighted by Crippen LogP contribution is -2.53. The van der Waals surface area contributed by atoms with Gasteiger partial charge in [0.05, 0.1) is 15.9 Å². The number of fused-ring (bicyclic) bond motifs is 1. The van der Waals surface area contributed by atoms with Crippen molar-refractivity contribution in [3.63, 3.8) is 0 Å². The number of aromatic nitrogens is 2. The van der Waals surface area contributed by atoms with Crippen LogP contribution in [0.25, 0.3) is 11.0 Å². The molecule has 178 valence electrons. The molecule has 0 spiro atoms. The van der Waals surface area contributed by atoms with Crippen LogP contribution in [0, 0.1) is 0 Å². The third-order valence-electron chi connectivity index (χ3n) is 6.40. The third kappa shape index (κ3) is 5.32. The molecule has 0 bridgehead atoms. The molecule has 1 aromatic carbocycles. The van der Waals surface area contributed by atoms with E-state index in [1.54, 1.807) is 18.2 Å². The van der Waals surface area contributed by atoms with Gasteiger partial charge in [0.25, 0.3) is 0 Å². The first-order chi connectivity index (χ1) is 15.1. The molecule has 3 rings (SSSR count). The molecule has 32 heavy (non-hydrogen) atoms. The number of nitrogens with zero attached hydrogens (tertiary/aromatic N) is 4. The summed E-state index contributed by atoms with van der Waals surface area (Å²) in [7, 11) is -0.490. The van der Waals surface area contributed by atoms with Gasteiger partial charge in [0.1, 0.15) is 5.82 Å². The summed E-state index contributed by atoms with van der Waals surface area (Å²) in [5.74, 6) is 0.813. The molecule has 0 unspecified atom stereocenters. The van der Waals surface area contributed by atoms with Crippen LogP contribution < -0.4 is 5.32 Å². The number of sulfonamides is 1. The van der Waals surface area contributed by atoms with Crippen LogP contribution in [0.15, 0.2) is 23.1 Å². The molecule has 0 saturated carbocycles. The summed E-state index contributed by atoms with van der Waals surface area (Å²) < 4.78 is 28.2. The van der Waals surface area contributed by atoms with E-state index in [4.69, 9.17) is 0 Å². The monoisotopic (exact) mass is 463 g/mol. The zero-order chi connectivity index (χ0) is 23.5. The summed E-state index contributed by atoms with van der Waals surface area (Å²) in [6.07, 6.45) is 4.60. The van der Waals surface area contributed by atoms with Crippen LogP contribution >= 0.6 is 0 Å². The molecule has 2 aromatic rings. The molecule has 1 aliphatic heterocycles. The highest BCUT2D eigenvalue weighted by Gasteiger charge is 2.28. The summed E-state index contributed by atoms with van der Waals surface area (Å²) in [6, 6.07) is 5.03. The van der Waals surface area contributed by atoms with Crippen molar-refractivity contribution in [2.45, 2.75) is 69.9 Å². The first kappa shape index (κ1) is 24.7. The number of aryl methyl sites for hydroxylation is 2. The maximum atomic E-state index is 12.6. The van der Waals surface area contributed by atoms with E-state index in [1.165, 1.54) is 37.7 Å². The number of carbonyl (C=O) groups excluding carboxylic acids is 1. The molecule has 0 atom stereocenters.